The largest absolute Gasteiger partial charge is 0.309 e. The predicted octanol–water partition coefficient (Wildman–Crippen LogP) is 2.47. The molecule has 62 valence electrons. The Morgan fingerprint density at radius 2 is 2.09 bits per heavy atom. The molecule has 1 rings (SSSR count). The second-order valence-corrected chi connectivity index (χ2v) is 4.40. The Kier molecular flexibility index (Phi) is 2.78. The second kappa shape index (κ2) is 3.45. The van der Waals surface area contributed by atoms with Crippen LogP contribution in [0.5, 0.6) is 0 Å². The van der Waals surface area contributed by atoms with Crippen LogP contribution < -0.4 is 4.31 Å². The molecule has 1 aromatic rings. The summed E-state index contributed by atoms with van der Waals surface area (Å²) in [7, 11) is 2.06. The van der Waals surface area contributed by atoms with Gasteiger partial charge in [0.15, 0.2) is 0 Å². The van der Waals surface area contributed by atoms with Crippen LogP contribution in [0.15, 0.2) is 0 Å². The summed E-state index contributed by atoms with van der Waals surface area (Å²) in [6.07, 6.45) is 2.06. The second-order valence-electron chi connectivity index (χ2n) is 2.30. The molecule has 0 spiro atoms. The summed E-state index contributed by atoms with van der Waals surface area (Å²) in [4.78, 5) is 4.34. The third kappa shape index (κ3) is 1.87. The maximum absolute atomic E-state index is 4.34. The van der Waals surface area contributed by atoms with Crippen molar-refractivity contribution in [3.8, 4) is 0 Å². The van der Waals surface area contributed by atoms with Crippen molar-refractivity contribution in [1.29, 1.82) is 0 Å². The molecule has 0 aliphatic heterocycles. The number of thiazole rings is 1. The zero-order valence-corrected chi connectivity index (χ0v) is 8.84. The van der Waals surface area contributed by atoms with Gasteiger partial charge >= 0.3 is 0 Å². The van der Waals surface area contributed by atoms with Gasteiger partial charge in [0.25, 0.3) is 0 Å². The molecule has 0 bridgehead atoms. The van der Waals surface area contributed by atoms with Crippen molar-refractivity contribution in [1.82, 2.24) is 4.98 Å². The third-order valence-electron chi connectivity index (χ3n) is 1.44. The van der Waals surface area contributed by atoms with Crippen LogP contribution in [0.1, 0.15) is 10.7 Å². The van der Waals surface area contributed by atoms with Crippen molar-refractivity contribution in [3.05, 3.63) is 10.7 Å². The van der Waals surface area contributed by atoms with Crippen LogP contribution in [0, 0.1) is 13.8 Å². The zero-order chi connectivity index (χ0) is 8.43. The molecule has 0 saturated heterocycles. The van der Waals surface area contributed by atoms with E-state index in [1.165, 1.54) is 5.00 Å². The number of rotatable bonds is 2. The first-order chi connectivity index (χ1) is 5.15. The van der Waals surface area contributed by atoms with Crippen molar-refractivity contribution < 1.29 is 0 Å². The average molecular weight is 188 g/mol. The number of anilines is 1. The Hall–Kier alpha value is -0.220. The van der Waals surface area contributed by atoms with Crippen molar-refractivity contribution >= 4 is 28.3 Å². The van der Waals surface area contributed by atoms with E-state index < -0.39 is 0 Å². The van der Waals surface area contributed by atoms with Crippen LogP contribution in [0.4, 0.5) is 5.00 Å². The predicted molar refractivity (Wildman–Crippen MR) is 53.5 cm³/mol. The fraction of sp³-hybridized carbons (Fsp3) is 0.571. The van der Waals surface area contributed by atoms with Gasteiger partial charge in [-0.05, 0) is 13.8 Å². The molecule has 4 heteroatoms. The third-order valence-corrected chi connectivity index (χ3v) is 3.43. The summed E-state index contributed by atoms with van der Waals surface area (Å²) in [5, 5.41) is 2.40. The van der Waals surface area contributed by atoms with Crippen molar-refractivity contribution in [3.63, 3.8) is 0 Å². The average Bonchev–Trinajstić information content (AvgIpc) is 2.28. The quantitative estimate of drug-likeness (QED) is 0.663. The summed E-state index contributed by atoms with van der Waals surface area (Å²) in [5.41, 5.74) is 1.13. The molecule has 0 aliphatic rings. The molecular formula is C7H12N2S2. The highest BCUT2D eigenvalue weighted by Gasteiger charge is 2.07. The number of nitrogens with zero attached hydrogens (tertiary/aromatic N) is 2. The van der Waals surface area contributed by atoms with Gasteiger partial charge in [0, 0.05) is 13.3 Å². The van der Waals surface area contributed by atoms with Crippen LogP contribution in [0.2, 0.25) is 0 Å². The van der Waals surface area contributed by atoms with Gasteiger partial charge in [-0.1, -0.05) is 11.9 Å². The minimum Gasteiger partial charge on any atom is -0.309 e. The number of hydrogen-bond acceptors (Lipinski definition) is 4. The molecule has 0 radical (unpaired) electrons. The van der Waals surface area contributed by atoms with Gasteiger partial charge in [0.2, 0.25) is 0 Å². The number of hydrogen-bond donors (Lipinski definition) is 0. The molecule has 0 saturated carbocycles. The molecule has 0 fully saturated rings. The molecule has 1 aromatic heterocycles. The van der Waals surface area contributed by atoms with E-state index in [-0.39, 0.29) is 0 Å². The first-order valence-electron chi connectivity index (χ1n) is 3.37. The highest BCUT2D eigenvalue weighted by molar-refractivity contribution is 8.00. The minimum atomic E-state index is 1.13. The van der Waals surface area contributed by atoms with Crippen LogP contribution in [0.25, 0.3) is 0 Å². The normalized spacial score (nSPS) is 10.2. The van der Waals surface area contributed by atoms with Gasteiger partial charge in [-0.3, -0.25) is 0 Å². The van der Waals surface area contributed by atoms with Crippen molar-refractivity contribution in [2.45, 2.75) is 13.8 Å². The SMILES string of the molecule is CSN(C)c1sc(C)nc1C. The molecule has 2 nitrogen and oxygen atoms in total. The zero-order valence-electron chi connectivity index (χ0n) is 7.21. The van der Waals surface area contributed by atoms with Gasteiger partial charge in [-0.25, -0.2) is 4.98 Å². The number of aryl methyl sites for hydroxylation is 2. The van der Waals surface area contributed by atoms with Crippen LogP contribution in [0.3, 0.4) is 0 Å². The van der Waals surface area contributed by atoms with E-state index in [4.69, 9.17) is 0 Å². The minimum absolute atomic E-state index is 1.13. The van der Waals surface area contributed by atoms with Gasteiger partial charge in [0.1, 0.15) is 5.00 Å². The van der Waals surface area contributed by atoms with Crippen molar-refractivity contribution in [2.75, 3.05) is 17.6 Å². The molecule has 1 heterocycles. The topological polar surface area (TPSA) is 16.1 Å². The van der Waals surface area contributed by atoms with Crippen LogP contribution >= 0.6 is 23.3 Å². The van der Waals surface area contributed by atoms with Gasteiger partial charge in [-0.15, -0.1) is 11.3 Å². The maximum Gasteiger partial charge on any atom is 0.124 e. The van der Waals surface area contributed by atoms with E-state index in [0.717, 1.165) is 10.7 Å². The molecule has 0 amide bonds. The van der Waals surface area contributed by atoms with Gasteiger partial charge in [-0.2, -0.15) is 0 Å². The van der Waals surface area contributed by atoms with E-state index in [0.29, 0.717) is 0 Å². The summed E-state index contributed by atoms with van der Waals surface area (Å²) in [6, 6.07) is 0. The van der Waals surface area contributed by atoms with E-state index in [1.54, 1.807) is 23.3 Å². The fourth-order valence-electron chi connectivity index (χ4n) is 0.896. The molecule has 0 atom stereocenters. The Bertz CT molecular complexity index is 245. The fourth-order valence-corrected chi connectivity index (χ4v) is 2.31. The Labute approximate surface area is 75.8 Å². The van der Waals surface area contributed by atoms with Gasteiger partial charge < -0.3 is 4.31 Å². The van der Waals surface area contributed by atoms with Crippen LogP contribution in [-0.4, -0.2) is 18.3 Å². The maximum atomic E-state index is 4.34. The van der Waals surface area contributed by atoms with E-state index >= 15 is 0 Å². The highest BCUT2D eigenvalue weighted by atomic mass is 32.2. The first kappa shape index (κ1) is 8.87. The lowest BCUT2D eigenvalue weighted by Gasteiger charge is -2.12. The lowest BCUT2D eigenvalue weighted by atomic mass is 10.5. The molecule has 0 unspecified atom stereocenters. The Morgan fingerprint density at radius 1 is 1.45 bits per heavy atom. The summed E-state index contributed by atoms with van der Waals surface area (Å²) >= 11 is 3.45. The summed E-state index contributed by atoms with van der Waals surface area (Å²) < 4.78 is 2.14. The number of aromatic nitrogens is 1. The van der Waals surface area contributed by atoms with Crippen molar-refractivity contribution in [2.24, 2.45) is 0 Å². The van der Waals surface area contributed by atoms with E-state index in [9.17, 15) is 0 Å². The Balaban J connectivity index is 2.93. The lowest BCUT2D eigenvalue weighted by Crippen LogP contribution is -2.03. The van der Waals surface area contributed by atoms with E-state index in [2.05, 4.69) is 22.6 Å². The molecular weight excluding hydrogens is 176 g/mol. The lowest BCUT2D eigenvalue weighted by molar-refractivity contribution is 1.18. The molecule has 11 heavy (non-hydrogen) atoms. The van der Waals surface area contributed by atoms with E-state index in [1.807, 2.05) is 13.8 Å². The summed E-state index contributed by atoms with van der Waals surface area (Å²) in [5.74, 6) is 0. The monoisotopic (exact) mass is 188 g/mol. The molecule has 0 aliphatic carbocycles. The van der Waals surface area contributed by atoms with Crippen LogP contribution in [-0.2, 0) is 0 Å². The first-order valence-corrected chi connectivity index (χ1v) is 5.37. The Morgan fingerprint density at radius 3 is 2.45 bits per heavy atom. The smallest absolute Gasteiger partial charge is 0.124 e. The molecule has 0 aromatic carbocycles. The molecule has 0 N–H and O–H groups in total. The van der Waals surface area contributed by atoms with Gasteiger partial charge in [0.05, 0.1) is 10.7 Å². The standard InChI is InChI=1S/C7H12N2S2/c1-5-7(9(3)10-4)11-6(2)8-5/h1-4H3. The summed E-state index contributed by atoms with van der Waals surface area (Å²) in [6.45, 7) is 4.08. The highest BCUT2D eigenvalue weighted by Crippen LogP contribution is 2.29.